The molecule has 1 heterocycles. The lowest BCUT2D eigenvalue weighted by Crippen LogP contribution is -2.18. The van der Waals surface area contributed by atoms with Crippen molar-refractivity contribution in [1.82, 2.24) is 9.97 Å². The van der Waals surface area contributed by atoms with Gasteiger partial charge in [-0.2, -0.15) is 0 Å². The van der Waals surface area contributed by atoms with E-state index in [-0.39, 0.29) is 11.1 Å². The highest BCUT2D eigenvalue weighted by Crippen LogP contribution is 2.30. The molecule has 1 aromatic heterocycles. The first kappa shape index (κ1) is 13.2. The number of nitro groups is 1. The quantitative estimate of drug-likeness (QED) is 0.515. The molecular weight excluding hydrogens is 280 g/mol. The van der Waals surface area contributed by atoms with E-state index in [1.807, 2.05) is 0 Å². The zero-order chi connectivity index (χ0) is 14.1. The number of H-pyrrole nitrogens is 1. The number of nitrogens with zero attached hydrogens (tertiary/aromatic N) is 2. The monoisotopic (exact) mass is 294 g/mol. The molecule has 2 unspecified atom stereocenters. The van der Waals surface area contributed by atoms with Crippen LogP contribution in [-0.2, 0) is 0 Å². The number of imidazole rings is 1. The second-order valence-electron chi connectivity index (χ2n) is 5.13. The summed E-state index contributed by atoms with van der Waals surface area (Å²) in [6, 6.07) is 4.60. The standard InChI is InChI=1S/C13H15ClN4O2/c14-10-3-1-2-8(10)7-15-13-16-11-5-4-9(18(19)20)6-12(11)17-13/h4-6,8,10H,1-3,7H2,(H2,15,16,17). The van der Waals surface area contributed by atoms with Gasteiger partial charge in [0.2, 0.25) is 5.95 Å². The molecule has 106 valence electrons. The first-order valence-electron chi connectivity index (χ1n) is 6.65. The summed E-state index contributed by atoms with van der Waals surface area (Å²) in [5.74, 6) is 1.09. The summed E-state index contributed by atoms with van der Waals surface area (Å²) in [7, 11) is 0. The van der Waals surface area contributed by atoms with E-state index in [1.165, 1.54) is 18.6 Å². The van der Waals surface area contributed by atoms with Crippen molar-refractivity contribution in [3.05, 3.63) is 28.3 Å². The fraction of sp³-hybridized carbons (Fsp3) is 0.462. The number of aromatic nitrogens is 2. The Morgan fingerprint density at radius 1 is 1.50 bits per heavy atom. The van der Waals surface area contributed by atoms with Crippen LogP contribution in [0.25, 0.3) is 11.0 Å². The van der Waals surface area contributed by atoms with Crippen molar-refractivity contribution in [2.75, 3.05) is 11.9 Å². The van der Waals surface area contributed by atoms with Crippen LogP contribution in [0.2, 0.25) is 0 Å². The van der Waals surface area contributed by atoms with Crippen LogP contribution < -0.4 is 5.32 Å². The summed E-state index contributed by atoms with van der Waals surface area (Å²) >= 11 is 6.23. The van der Waals surface area contributed by atoms with Gasteiger partial charge < -0.3 is 10.3 Å². The van der Waals surface area contributed by atoms with E-state index in [1.54, 1.807) is 6.07 Å². The van der Waals surface area contributed by atoms with Gasteiger partial charge in [-0.05, 0) is 24.8 Å². The van der Waals surface area contributed by atoms with Crippen LogP contribution in [0.4, 0.5) is 11.6 Å². The second kappa shape index (κ2) is 5.28. The molecule has 3 rings (SSSR count). The summed E-state index contributed by atoms with van der Waals surface area (Å²) < 4.78 is 0. The largest absolute Gasteiger partial charge is 0.355 e. The number of anilines is 1. The van der Waals surface area contributed by atoms with Gasteiger partial charge in [-0.25, -0.2) is 4.98 Å². The topological polar surface area (TPSA) is 83.8 Å². The lowest BCUT2D eigenvalue weighted by Gasteiger charge is -2.13. The van der Waals surface area contributed by atoms with Crippen molar-refractivity contribution in [2.45, 2.75) is 24.6 Å². The SMILES string of the molecule is O=[N+]([O-])c1ccc2nc(NCC3CCCC3Cl)[nH]c2c1. The maximum atomic E-state index is 10.7. The van der Waals surface area contributed by atoms with Crippen molar-refractivity contribution >= 4 is 34.3 Å². The molecule has 1 fully saturated rings. The Hall–Kier alpha value is -1.82. The molecule has 1 aliphatic rings. The molecule has 0 radical (unpaired) electrons. The molecule has 0 saturated heterocycles. The summed E-state index contributed by atoms with van der Waals surface area (Å²) in [6.07, 6.45) is 3.37. The van der Waals surface area contributed by atoms with E-state index in [9.17, 15) is 10.1 Å². The number of hydrogen-bond donors (Lipinski definition) is 2. The number of halogens is 1. The van der Waals surface area contributed by atoms with Gasteiger partial charge in [-0.1, -0.05) is 6.42 Å². The fourth-order valence-corrected chi connectivity index (χ4v) is 3.01. The summed E-state index contributed by atoms with van der Waals surface area (Å²) in [4.78, 5) is 17.7. The van der Waals surface area contributed by atoms with Crippen LogP contribution in [0.3, 0.4) is 0 Å². The van der Waals surface area contributed by atoms with E-state index in [0.29, 0.717) is 22.9 Å². The van der Waals surface area contributed by atoms with Gasteiger partial charge in [0.15, 0.2) is 0 Å². The molecule has 2 aromatic rings. The number of nitro benzene ring substituents is 1. The number of rotatable bonds is 4. The average Bonchev–Trinajstić information content (AvgIpc) is 3.00. The molecule has 0 bridgehead atoms. The number of aromatic amines is 1. The maximum absolute atomic E-state index is 10.7. The van der Waals surface area contributed by atoms with E-state index in [2.05, 4.69) is 15.3 Å². The molecule has 7 heteroatoms. The van der Waals surface area contributed by atoms with Crippen LogP contribution in [-0.4, -0.2) is 26.8 Å². The van der Waals surface area contributed by atoms with E-state index in [0.717, 1.165) is 19.4 Å². The van der Waals surface area contributed by atoms with Crippen LogP contribution in [0.1, 0.15) is 19.3 Å². The molecule has 20 heavy (non-hydrogen) atoms. The third-order valence-corrected chi connectivity index (χ3v) is 4.35. The van der Waals surface area contributed by atoms with Gasteiger partial charge in [0.05, 0.1) is 16.0 Å². The van der Waals surface area contributed by atoms with Gasteiger partial charge >= 0.3 is 0 Å². The Kier molecular flexibility index (Phi) is 3.48. The van der Waals surface area contributed by atoms with Crippen molar-refractivity contribution in [2.24, 2.45) is 5.92 Å². The number of fused-ring (bicyclic) bond motifs is 1. The Morgan fingerprint density at radius 3 is 3.05 bits per heavy atom. The molecule has 0 amide bonds. The number of alkyl halides is 1. The molecule has 6 nitrogen and oxygen atoms in total. The number of non-ortho nitro benzene ring substituents is 1. The highest BCUT2D eigenvalue weighted by Gasteiger charge is 2.25. The normalized spacial score (nSPS) is 22.2. The number of benzene rings is 1. The van der Waals surface area contributed by atoms with E-state index < -0.39 is 4.92 Å². The van der Waals surface area contributed by atoms with Crippen molar-refractivity contribution in [1.29, 1.82) is 0 Å². The van der Waals surface area contributed by atoms with E-state index in [4.69, 9.17) is 11.6 Å². The predicted molar refractivity (Wildman–Crippen MR) is 78.2 cm³/mol. The number of hydrogen-bond acceptors (Lipinski definition) is 4. The second-order valence-corrected chi connectivity index (χ2v) is 5.69. The maximum Gasteiger partial charge on any atom is 0.271 e. The highest BCUT2D eigenvalue weighted by molar-refractivity contribution is 6.21. The minimum atomic E-state index is -0.413. The molecule has 0 aliphatic heterocycles. The zero-order valence-corrected chi connectivity index (χ0v) is 11.6. The Bertz CT molecular complexity index is 642. The van der Waals surface area contributed by atoms with Crippen LogP contribution in [0, 0.1) is 16.0 Å². The summed E-state index contributed by atoms with van der Waals surface area (Å²) in [5, 5.41) is 14.2. The van der Waals surface area contributed by atoms with Crippen molar-refractivity contribution in [3.63, 3.8) is 0 Å². The van der Waals surface area contributed by atoms with Crippen molar-refractivity contribution < 1.29 is 4.92 Å². The minimum absolute atomic E-state index is 0.0596. The molecule has 1 aromatic carbocycles. The smallest absolute Gasteiger partial charge is 0.271 e. The third kappa shape index (κ3) is 2.56. The van der Waals surface area contributed by atoms with Gasteiger partial charge in [0.25, 0.3) is 5.69 Å². The van der Waals surface area contributed by atoms with Crippen LogP contribution in [0.15, 0.2) is 18.2 Å². The molecule has 2 N–H and O–H groups in total. The van der Waals surface area contributed by atoms with E-state index >= 15 is 0 Å². The fourth-order valence-electron chi connectivity index (χ4n) is 2.64. The Balaban J connectivity index is 1.74. The molecular formula is C13H15ClN4O2. The molecule has 1 aliphatic carbocycles. The molecule has 1 saturated carbocycles. The number of nitrogens with one attached hydrogen (secondary N) is 2. The van der Waals surface area contributed by atoms with Gasteiger partial charge in [0.1, 0.15) is 0 Å². The lowest BCUT2D eigenvalue weighted by molar-refractivity contribution is -0.384. The van der Waals surface area contributed by atoms with Gasteiger partial charge in [-0.15, -0.1) is 11.6 Å². The van der Waals surface area contributed by atoms with Gasteiger partial charge in [-0.3, -0.25) is 10.1 Å². The van der Waals surface area contributed by atoms with Crippen LogP contribution in [0.5, 0.6) is 0 Å². The highest BCUT2D eigenvalue weighted by atomic mass is 35.5. The summed E-state index contributed by atoms with van der Waals surface area (Å²) in [5.41, 5.74) is 1.44. The van der Waals surface area contributed by atoms with Crippen LogP contribution >= 0.6 is 11.6 Å². The zero-order valence-electron chi connectivity index (χ0n) is 10.8. The molecule has 2 atom stereocenters. The Morgan fingerprint density at radius 2 is 2.35 bits per heavy atom. The first-order chi connectivity index (χ1) is 9.63. The summed E-state index contributed by atoms with van der Waals surface area (Å²) in [6.45, 7) is 0.774. The average molecular weight is 295 g/mol. The molecule has 0 spiro atoms. The Labute approximate surface area is 120 Å². The van der Waals surface area contributed by atoms with Gasteiger partial charge in [0, 0.05) is 24.1 Å². The third-order valence-electron chi connectivity index (χ3n) is 3.77. The minimum Gasteiger partial charge on any atom is -0.355 e. The first-order valence-corrected chi connectivity index (χ1v) is 7.09. The van der Waals surface area contributed by atoms with Crippen molar-refractivity contribution in [3.8, 4) is 0 Å². The lowest BCUT2D eigenvalue weighted by atomic mass is 10.1. The predicted octanol–water partition coefficient (Wildman–Crippen LogP) is 3.29.